The van der Waals surface area contributed by atoms with E-state index in [0.717, 1.165) is 23.1 Å². The van der Waals surface area contributed by atoms with E-state index in [1.807, 2.05) is 18.5 Å². The standard InChI is InChI=1S/C13H20N6OS/c1-4-14-6-11-7-18(17-16-11)8-12-9-21-13(15-12)19(5-2)10(3)20/h7,9,14H,4-6,8H2,1-3H3. The maximum Gasteiger partial charge on any atom is 0.225 e. The average molecular weight is 308 g/mol. The van der Waals surface area contributed by atoms with Crippen LogP contribution in [-0.4, -0.2) is 39.0 Å². The van der Waals surface area contributed by atoms with Crippen LogP contribution in [0.15, 0.2) is 11.6 Å². The van der Waals surface area contributed by atoms with Crippen LogP contribution < -0.4 is 10.2 Å². The Hall–Kier alpha value is -1.80. The maximum absolute atomic E-state index is 11.5. The largest absolute Gasteiger partial charge is 0.311 e. The van der Waals surface area contributed by atoms with E-state index in [0.29, 0.717) is 19.6 Å². The second-order valence-electron chi connectivity index (χ2n) is 4.57. The molecule has 21 heavy (non-hydrogen) atoms. The van der Waals surface area contributed by atoms with Crippen molar-refractivity contribution in [3.8, 4) is 0 Å². The van der Waals surface area contributed by atoms with E-state index in [1.165, 1.54) is 11.3 Å². The Kier molecular flexibility index (Phi) is 5.40. The zero-order valence-electron chi connectivity index (χ0n) is 12.5. The number of amides is 1. The molecule has 2 rings (SSSR count). The fourth-order valence-corrected chi connectivity index (χ4v) is 2.82. The predicted octanol–water partition coefficient (Wildman–Crippen LogP) is 1.27. The van der Waals surface area contributed by atoms with Crippen LogP contribution in [0.4, 0.5) is 5.13 Å². The van der Waals surface area contributed by atoms with Crippen molar-refractivity contribution in [2.24, 2.45) is 0 Å². The first-order valence-electron chi connectivity index (χ1n) is 6.96. The minimum absolute atomic E-state index is 0.00656. The van der Waals surface area contributed by atoms with E-state index >= 15 is 0 Å². The number of hydrogen-bond donors (Lipinski definition) is 1. The summed E-state index contributed by atoms with van der Waals surface area (Å²) in [5.41, 5.74) is 1.79. The highest BCUT2D eigenvalue weighted by Crippen LogP contribution is 2.21. The number of nitrogens with zero attached hydrogens (tertiary/aromatic N) is 5. The molecule has 2 aromatic heterocycles. The summed E-state index contributed by atoms with van der Waals surface area (Å²) in [5, 5.41) is 14.1. The Balaban J connectivity index is 2.02. The summed E-state index contributed by atoms with van der Waals surface area (Å²) >= 11 is 1.47. The molecule has 0 atom stereocenters. The van der Waals surface area contributed by atoms with E-state index in [1.54, 1.807) is 16.5 Å². The van der Waals surface area contributed by atoms with Gasteiger partial charge in [-0.3, -0.25) is 9.69 Å². The van der Waals surface area contributed by atoms with Crippen LogP contribution in [0.25, 0.3) is 0 Å². The van der Waals surface area contributed by atoms with E-state index < -0.39 is 0 Å². The molecule has 2 heterocycles. The molecule has 2 aromatic rings. The van der Waals surface area contributed by atoms with Gasteiger partial charge in [-0.05, 0) is 13.5 Å². The summed E-state index contributed by atoms with van der Waals surface area (Å²) in [4.78, 5) is 17.7. The first-order chi connectivity index (χ1) is 10.1. The van der Waals surface area contributed by atoms with Crippen LogP contribution in [0.2, 0.25) is 0 Å². The third kappa shape index (κ3) is 4.08. The Bertz CT molecular complexity index is 593. The van der Waals surface area contributed by atoms with Gasteiger partial charge in [0.1, 0.15) is 0 Å². The van der Waals surface area contributed by atoms with Crippen molar-refractivity contribution >= 4 is 22.4 Å². The van der Waals surface area contributed by atoms with Gasteiger partial charge in [-0.15, -0.1) is 16.4 Å². The third-order valence-electron chi connectivity index (χ3n) is 2.93. The topological polar surface area (TPSA) is 75.9 Å². The third-order valence-corrected chi connectivity index (χ3v) is 3.85. The number of thiazole rings is 1. The average Bonchev–Trinajstić information content (AvgIpc) is 3.07. The SMILES string of the molecule is CCNCc1cn(Cc2csc(N(CC)C(C)=O)n2)nn1. The summed E-state index contributed by atoms with van der Waals surface area (Å²) in [6, 6.07) is 0. The number of aromatic nitrogens is 4. The lowest BCUT2D eigenvalue weighted by molar-refractivity contribution is -0.116. The van der Waals surface area contributed by atoms with Crippen LogP contribution in [0.1, 0.15) is 32.2 Å². The van der Waals surface area contributed by atoms with Gasteiger partial charge in [-0.25, -0.2) is 9.67 Å². The normalized spacial score (nSPS) is 10.8. The van der Waals surface area contributed by atoms with Gasteiger partial charge in [0.05, 0.1) is 24.1 Å². The van der Waals surface area contributed by atoms with Crippen molar-refractivity contribution in [2.45, 2.75) is 33.9 Å². The van der Waals surface area contributed by atoms with Crippen molar-refractivity contribution < 1.29 is 4.79 Å². The van der Waals surface area contributed by atoms with E-state index in [9.17, 15) is 4.79 Å². The molecule has 0 aliphatic heterocycles. The Morgan fingerprint density at radius 2 is 2.24 bits per heavy atom. The van der Waals surface area contributed by atoms with Crippen LogP contribution in [0.5, 0.6) is 0 Å². The first kappa shape index (κ1) is 15.6. The van der Waals surface area contributed by atoms with Crippen LogP contribution in [0.3, 0.4) is 0 Å². The molecule has 114 valence electrons. The second kappa shape index (κ2) is 7.28. The summed E-state index contributed by atoms with van der Waals surface area (Å²) < 4.78 is 1.76. The molecule has 0 saturated heterocycles. The lowest BCUT2D eigenvalue weighted by Crippen LogP contribution is -2.27. The Morgan fingerprint density at radius 1 is 1.43 bits per heavy atom. The zero-order valence-corrected chi connectivity index (χ0v) is 13.4. The highest BCUT2D eigenvalue weighted by atomic mass is 32.1. The number of anilines is 1. The summed E-state index contributed by atoms with van der Waals surface area (Å²) in [5.74, 6) is 0.00656. The fourth-order valence-electron chi connectivity index (χ4n) is 1.90. The van der Waals surface area contributed by atoms with Crippen LogP contribution in [0, 0.1) is 0 Å². The van der Waals surface area contributed by atoms with Crippen molar-refractivity contribution in [3.63, 3.8) is 0 Å². The summed E-state index contributed by atoms with van der Waals surface area (Å²) in [6.45, 7) is 8.34. The first-order valence-corrected chi connectivity index (χ1v) is 7.84. The van der Waals surface area contributed by atoms with Crippen LogP contribution in [-0.2, 0) is 17.9 Å². The number of carbonyl (C=O) groups excluding carboxylic acids is 1. The summed E-state index contributed by atoms with van der Waals surface area (Å²) in [6.07, 6.45) is 1.91. The van der Waals surface area contributed by atoms with Crippen molar-refractivity contribution in [3.05, 3.63) is 23.0 Å². The number of nitrogens with one attached hydrogen (secondary N) is 1. The molecule has 1 N–H and O–H groups in total. The van der Waals surface area contributed by atoms with Gasteiger partial charge in [0.25, 0.3) is 0 Å². The van der Waals surface area contributed by atoms with Crippen molar-refractivity contribution in [2.75, 3.05) is 18.0 Å². The molecule has 0 bridgehead atoms. The van der Waals surface area contributed by atoms with Gasteiger partial charge in [0.15, 0.2) is 5.13 Å². The number of hydrogen-bond acceptors (Lipinski definition) is 6. The molecular formula is C13H20N6OS. The lowest BCUT2D eigenvalue weighted by atomic mass is 10.4. The Morgan fingerprint density at radius 3 is 2.90 bits per heavy atom. The molecule has 8 heteroatoms. The molecule has 7 nitrogen and oxygen atoms in total. The molecule has 0 spiro atoms. The minimum atomic E-state index is 0.00656. The number of carbonyl (C=O) groups is 1. The van der Waals surface area contributed by atoms with Crippen LogP contribution >= 0.6 is 11.3 Å². The predicted molar refractivity (Wildman–Crippen MR) is 82.3 cm³/mol. The Labute approximate surface area is 128 Å². The maximum atomic E-state index is 11.5. The van der Waals surface area contributed by atoms with Gasteiger partial charge < -0.3 is 5.32 Å². The highest BCUT2D eigenvalue weighted by Gasteiger charge is 2.13. The van der Waals surface area contributed by atoms with Crippen molar-refractivity contribution in [1.82, 2.24) is 25.3 Å². The van der Waals surface area contributed by atoms with Gasteiger partial charge in [-0.1, -0.05) is 12.1 Å². The quantitative estimate of drug-likeness (QED) is 0.833. The summed E-state index contributed by atoms with van der Waals surface area (Å²) in [7, 11) is 0. The van der Waals surface area contributed by atoms with E-state index in [4.69, 9.17) is 0 Å². The fraction of sp³-hybridized carbons (Fsp3) is 0.538. The molecule has 0 aromatic carbocycles. The number of rotatable bonds is 7. The van der Waals surface area contributed by atoms with E-state index in [2.05, 4.69) is 27.5 Å². The highest BCUT2D eigenvalue weighted by molar-refractivity contribution is 7.14. The minimum Gasteiger partial charge on any atom is -0.311 e. The van der Waals surface area contributed by atoms with E-state index in [-0.39, 0.29) is 5.91 Å². The smallest absolute Gasteiger partial charge is 0.225 e. The van der Waals surface area contributed by atoms with Gasteiger partial charge in [0.2, 0.25) is 5.91 Å². The molecule has 0 unspecified atom stereocenters. The molecular weight excluding hydrogens is 288 g/mol. The molecule has 1 amide bonds. The monoisotopic (exact) mass is 308 g/mol. The molecule has 0 aliphatic rings. The van der Waals surface area contributed by atoms with Gasteiger partial charge in [-0.2, -0.15) is 0 Å². The lowest BCUT2D eigenvalue weighted by Gasteiger charge is -2.14. The zero-order chi connectivity index (χ0) is 15.2. The molecule has 0 saturated carbocycles. The van der Waals surface area contributed by atoms with Gasteiger partial charge >= 0.3 is 0 Å². The van der Waals surface area contributed by atoms with Crippen molar-refractivity contribution in [1.29, 1.82) is 0 Å². The second-order valence-corrected chi connectivity index (χ2v) is 5.41. The molecule has 0 aliphatic carbocycles. The van der Waals surface area contributed by atoms with Gasteiger partial charge in [0, 0.05) is 25.4 Å². The molecule has 0 radical (unpaired) electrons. The molecule has 0 fully saturated rings.